The summed E-state index contributed by atoms with van der Waals surface area (Å²) < 4.78 is 7.07. The van der Waals surface area contributed by atoms with Crippen LogP contribution in [0.5, 0.6) is 5.75 Å². The number of ether oxygens (including phenoxy) is 1. The van der Waals surface area contributed by atoms with Crippen LogP contribution >= 0.6 is 0 Å². The molecule has 1 heterocycles. The van der Waals surface area contributed by atoms with E-state index in [4.69, 9.17) is 4.74 Å². The molecular formula is C14H15N3O4. The number of nitro groups is 1. The summed E-state index contributed by atoms with van der Waals surface area (Å²) in [6, 6.07) is 5.23. The zero-order chi connectivity index (χ0) is 15.0. The van der Waals surface area contributed by atoms with Crippen LogP contribution in [0.15, 0.2) is 24.4 Å². The number of aliphatic hydroxyl groups excluding tert-OH is 1. The first-order chi connectivity index (χ1) is 10.1. The molecule has 0 saturated heterocycles. The average molecular weight is 289 g/mol. The molecule has 0 amide bonds. The number of aromatic nitrogens is 2. The van der Waals surface area contributed by atoms with Gasteiger partial charge >= 0.3 is 5.69 Å². The summed E-state index contributed by atoms with van der Waals surface area (Å²) in [5.41, 5.74) is 1.42. The quantitative estimate of drug-likeness (QED) is 0.673. The molecule has 1 aliphatic carbocycles. The molecule has 1 N–H and O–H groups in total. The Labute approximate surface area is 120 Å². The van der Waals surface area contributed by atoms with Crippen LogP contribution < -0.4 is 4.74 Å². The molecule has 0 spiro atoms. The van der Waals surface area contributed by atoms with Crippen LogP contribution in [0, 0.1) is 10.1 Å². The van der Waals surface area contributed by atoms with E-state index in [1.165, 1.54) is 13.2 Å². The minimum Gasteiger partial charge on any atom is -0.490 e. The average Bonchev–Trinajstić information content (AvgIpc) is 3.23. The molecule has 1 fully saturated rings. The van der Waals surface area contributed by atoms with Gasteiger partial charge in [-0.15, -0.1) is 0 Å². The van der Waals surface area contributed by atoms with Gasteiger partial charge in [-0.2, -0.15) is 5.10 Å². The molecule has 1 aromatic carbocycles. The third-order valence-electron chi connectivity index (χ3n) is 3.52. The Morgan fingerprint density at radius 3 is 2.86 bits per heavy atom. The van der Waals surface area contributed by atoms with Crippen LogP contribution in [-0.4, -0.2) is 26.9 Å². The Kier molecular flexibility index (Phi) is 3.34. The molecule has 0 bridgehead atoms. The van der Waals surface area contributed by atoms with E-state index in [1.54, 1.807) is 12.1 Å². The summed E-state index contributed by atoms with van der Waals surface area (Å²) in [6.07, 6.45) is 4.08. The zero-order valence-electron chi connectivity index (χ0n) is 11.5. The molecule has 0 radical (unpaired) electrons. The van der Waals surface area contributed by atoms with Crippen molar-refractivity contribution >= 4 is 5.69 Å². The van der Waals surface area contributed by atoms with Gasteiger partial charge in [0.25, 0.3) is 0 Å². The predicted octanol–water partition coefficient (Wildman–Crippen LogP) is 2.29. The fourth-order valence-electron chi connectivity index (χ4n) is 2.33. The lowest BCUT2D eigenvalue weighted by Gasteiger charge is -2.09. The van der Waals surface area contributed by atoms with Crippen LogP contribution in [0.4, 0.5) is 5.69 Å². The van der Waals surface area contributed by atoms with Crippen molar-refractivity contribution in [2.24, 2.45) is 0 Å². The third kappa shape index (κ3) is 2.47. The molecule has 3 rings (SSSR count). The number of aliphatic hydroxyl groups is 1. The van der Waals surface area contributed by atoms with E-state index in [0.717, 1.165) is 12.8 Å². The van der Waals surface area contributed by atoms with Gasteiger partial charge in [0.2, 0.25) is 5.75 Å². The number of nitro benzene ring substituents is 1. The fourth-order valence-corrected chi connectivity index (χ4v) is 2.33. The van der Waals surface area contributed by atoms with Crippen molar-refractivity contribution in [3.63, 3.8) is 0 Å². The van der Waals surface area contributed by atoms with Crippen molar-refractivity contribution in [3.05, 3.63) is 40.1 Å². The maximum absolute atomic E-state index is 11.2. The lowest BCUT2D eigenvalue weighted by Crippen LogP contribution is -2.00. The van der Waals surface area contributed by atoms with E-state index in [-0.39, 0.29) is 18.0 Å². The number of rotatable bonds is 5. The van der Waals surface area contributed by atoms with Gasteiger partial charge in [0, 0.05) is 12.3 Å². The summed E-state index contributed by atoms with van der Waals surface area (Å²) in [4.78, 5) is 10.7. The van der Waals surface area contributed by atoms with Crippen LogP contribution in [-0.2, 0) is 6.61 Å². The molecule has 2 aromatic rings. The number of hydrogen-bond donors (Lipinski definition) is 1. The standard InChI is InChI=1S/C14H15N3O4/c1-21-14-11(6-9(8-18)7-13(14)17(19)20)12-4-5-16(15-12)10-2-3-10/h4-7,10,18H,2-3,8H2,1H3. The minimum absolute atomic E-state index is 0.165. The Hall–Kier alpha value is -2.41. The summed E-state index contributed by atoms with van der Waals surface area (Å²) in [5, 5.41) is 24.9. The van der Waals surface area contributed by atoms with Crippen LogP contribution in [0.1, 0.15) is 24.4 Å². The molecule has 0 atom stereocenters. The van der Waals surface area contributed by atoms with Gasteiger partial charge in [-0.3, -0.25) is 14.8 Å². The number of benzene rings is 1. The number of nitrogens with zero attached hydrogens (tertiary/aromatic N) is 3. The van der Waals surface area contributed by atoms with Gasteiger partial charge in [-0.1, -0.05) is 0 Å². The highest BCUT2D eigenvalue weighted by Crippen LogP contribution is 2.40. The monoisotopic (exact) mass is 289 g/mol. The molecule has 21 heavy (non-hydrogen) atoms. The van der Waals surface area contributed by atoms with Crippen molar-refractivity contribution < 1.29 is 14.8 Å². The fraction of sp³-hybridized carbons (Fsp3) is 0.357. The lowest BCUT2D eigenvalue weighted by molar-refractivity contribution is -0.385. The second-order valence-corrected chi connectivity index (χ2v) is 5.02. The highest BCUT2D eigenvalue weighted by molar-refractivity contribution is 5.74. The highest BCUT2D eigenvalue weighted by atomic mass is 16.6. The van der Waals surface area contributed by atoms with Gasteiger partial charge in [0.15, 0.2) is 0 Å². The second kappa shape index (κ2) is 5.17. The van der Waals surface area contributed by atoms with Gasteiger partial charge in [0.05, 0.1) is 35.9 Å². The Bertz CT molecular complexity index is 692. The van der Waals surface area contributed by atoms with Crippen LogP contribution in [0.3, 0.4) is 0 Å². The summed E-state index contributed by atoms with van der Waals surface area (Å²) in [5.74, 6) is 0.165. The molecule has 7 nitrogen and oxygen atoms in total. The van der Waals surface area contributed by atoms with Gasteiger partial charge in [-0.05, 0) is 30.5 Å². The summed E-state index contributed by atoms with van der Waals surface area (Å²) >= 11 is 0. The molecule has 0 aliphatic heterocycles. The van der Waals surface area contributed by atoms with E-state index in [9.17, 15) is 15.2 Å². The molecule has 0 unspecified atom stereocenters. The van der Waals surface area contributed by atoms with E-state index in [0.29, 0.717) is 22.9 Å². The summed E-state index contributed by atoms with van der Waals surface area (Å²) in [7, 11) is 1.39. The summed E-state index contributed by atoms with van der Waals surface area (Å²) in [6.45, 7) is -0.277. The van der Waals surface area contributed by atoms with Crippen LogP contribution in [0.25, 0.3) is 11.3 Å². The van der Waals surface area contributed by atoms with Gasteiger partial charge in [0.1, 0.15) is 0 Å². The van der Waals surface area contributed by atoms with Crippen molar-refractivity contribution in [1.82, 2.24) is 9.78 Å². The second-order valence-electron chi connectivity index (χ2n) is 5.02. The van der Waals surface area contributed by atoms with E-state index < -0.39 is 4.92 Å². The Morgan fingerprint density at radius 2 is 2.29 bits per heavy atom. The van der Waals surface area contributed by atoms with Crippen molar-refractivity contribution in [2.75, 3.05) is 7.11 Å². The minimum atomic E-state index is -0.515. The molecule has 7 heteroatoms. The maximum Gasteiger partial charge on any atom is 0.311 e. The highest BCUT2D eigenvalue weighted by Gasteiger charge is 2.26. The topological polar surface area (TPSA) is 90.4 Å². The molecule has 1 aliphatic rings. The number of hydrogen-bond acceptors (Lipinski definition) is 5. The Morgan fingerprint density at radius 1 is 1.52 bits per heavy atom. The van der Waals surface area contributed by atoms with Crippen molar-refractivity contribution in [2.45, 2.75) is 25.5 Å². The maximum atomic E-state index is 11.2. The molecular weight excluding hydrogens is 274 g/mol. The zero-order valence-corrected chi connectivity index (χ0v) is 11.5. The molecule has 1 aromatic heterocycles. The number of methoxy groups -OCH3 is 1. The molecule has 1 saturated carbocycles. The normalized spacial score (nSPS) is 14.2. The SMILES string of the molecule is COc1c(-c2ccn(C3CC3)n2)cc(CO)cc1[N+](=O)[O-]. The van der Waals surface area contributed by atoms with E-state index in [2.05, 4.69) is 5.10 Å². The van der Waals surface area contributed by atoms with Gasteiger partial charge in [-0.25, -0.2) is 0 Å². The lowest BCUT2D eigenvalue weighted by atomic mass is 10.1. The van der Waals surface area contributed by atoms with Crippen molar-refractivity contribution in [1.29, 1.82) is 0 Å². The van der Waals surface area contributed by atoms with Crippen molar-refractivity contribution in [3.8, 4) is 17.0 Å². The predicted molar refractivity (Wildman–Crippen MR) is 75.1 cm³/mol. The smallest absolute Gasteiger partial charge is 0.311 e. The molecule has 110 valence electrons. The first-order valence-electron chi connectivity index (χ1n) is 6.65. The van der Waals surface area contributed by atoms with Gasteiger partial charge < -0.3 is 9.84 Å². The van der Waals surface area contributed by atoms with Crippen LogP contribution in [0.2, 0.25) is 0 Å². The largest absolute Gasteiger partial charge is 0.490 e. The third-order valence-corrected chi connectivity index (χ3v) is 3.52. The Balaban J connectivity index is 2.13. The van der Waals surface area contributed by atoms with E-state index in [1.807, 2.05) is 10.9 Å². The van der Waals surface area contributed by atoms with E-state index >= 15 is 0 Å². The first-order valence-corrected chi connectivity index (χ1v) is 6.65. The first kappa shape index (κ1) is 13.6.